The van der Waals surface area contributed by atoms with Crippen molar-refractivity contribution in [2.24, 2.45) is 0 Å². The number of hydrogen-bond acceptors (Lipinski definition) is 0. The summed E-state index contributed by atoms with van der Waals surface area (Å²) in [6, 6.07) is 5.94. The fourth-order valence-electron chi connectivity index (χ4n) is 1.47. The van der Waals surface area contributed by atoms with Gasteiger partial charge in [-0.3, -0.25) is 0 Å². The van der Waals surface area contributed by atoms with Crippen LogP contribution in [-0.2, 0) is 6.42 Å². The Morgan fingerprint density at radius 2 is 2.23 bits per heavy atom. The van der Waals surface area contributed by atoms with Crippen LogP contribution in [-0.4, -0.2) is 10.3 Å². The Morgan fingerprint density at radius 3 is 3.00 bits per heavy atom. The van der Waals surface area contributed by atoms with Gasteiger partial charge >= 0.3 is 0 Å². The molecule has 0 bridgehead atoms. The van der Waals surface area contributed by atoms with Crippen molar-refractivity contribution in [1.82, 2.24) is 4.98 Å². The first-order valence-electron chi connectivity index (χ1n) is 4.13. The first-order chi connectivity index (χ1) is 6.31. The highest BCUT2D eigenvalue weighted by molar-refractivity contribution is 9.09. The molecule has 2 aromatic rings. The van der Waals surface area contributed by atoms with Gasteiger partial charge in [-0.05, 0) is 24.1 Å². The molecule has 0 fully saturated rings. The van der Waals surface area contributed by atoms with Gasteiger partial charge in [-0.2, -0.15) is 0 Å². The molecule has 68 valence electrons. The second-order valence-electron chi connectivity index (χ2n) is 2.94. The molecule has 0 radical (unpaired) electrons. The van der Waals surface area contributed by atoms with E-state index in [1.54, 1.807) is 0 Å². The van der Waals surface area contributed by atoms with Crippen molar-refractivity contribution in [3.8, 4) is 0 Å². The molecule has 1 N–H and O–H groups in total. The maximum absolute atomic E-state index is 5.88. The first-order valence-corrected chi connectivity index (χ1v) is 5.62. The molecule has 2 rings (SSSR count). The molecule has 0 amide bonds. The molecule has 0 saturated heterocycles. The Kier molecular flexibility index (Phi) is 2.61. The van der Waals surface area contributed by atoms with Crippen LogP contribution in [0.15, 0.2) is 24.4 Å². The topological polar surface area (TPSA) is 15.8 Å². The summed E-state index contributed by atoms with van der Waals surface area (Å²) in [6.45, 7) is 0. The predicted molar refractivity (Wildman–Crippen MR) is 60.8 cm³/mol. The number of hydrogen-bond donors (Lipinski definition) is 1. The highest BCUT2D eigenvalue weighted by Gasteiger charge is 2.02. The fraction of sp³-hybridized carbons (Fsp3) is 0.200. The van der Waals surface area contributed by atoms with Gasteiger partial charge in [-0.15, -0.1) is 0 Å². The minimum absolute atomic E-state index is 0.778. The van der Waals surface area contributed by atoms with E-state index in [0.29, 0.717) is 0 Å². The third kappa shape index (κ3) is 1.74. The predicted octanol–water partition coefficient (Wildman–Crippen LogP) is 3.76. The summed E-state index contributed by atoms with van der Waals surface area (Å²) in [5.74, 6) is 0. The number of fused-ring (bicyclic) bond motifs is 1. The summed E-state index contributed by atoms with van der Waals surface area (Å²) < 4.78 is 0. The zero-order valence-corrected chi connectivity index (χ0v) is 9.32. The molecule has 0 aliphatic heterocycles. The number of nitrogens with one attached hydrogen (secondary N) is 1. The third-order valence-electron chi connectivity index (χ3n) is 2.09. The normalized spacial score (nSPS) is 10.9. The molecule has 1 nitrogen and oxygen atoms in total. The van der Waals surface area contributed by atoms with Crippen LogP contribution in [0, 0.1) is 0 Å². The molecule has 0 saturated carbocycles. The molecular formula is C10H9BrClN. The Balaban J connectivity index is 2.55. The second kappa shape index (κ2) is 3.72. The molecule has 0 unspecified atom stereocenters. The molecule has 0 aliphatic carbocycles. The van der Waals surface area contributed by atoms with Crippen LogP contribution in [0.1, 0.15) is 5.56 Å². The monoisotopic (exact) mass is 257 g/mol. The van der Waals surface area contributed by atoms with Crippen LogP contribution in [0.5, 0.6) is 0 Å². The van der Waals surface area contributed by atoms with E-state index in [9.17, 15) is 0 Å². The number of aromatic nitrogens is 1. The van der Waals surface area contributed by atoms with Gasteiger partial charge in [0, 0.05) is 27.5 Å². The van der Waals surface area contributed by atoms with Gasteiger partial charge in [0.25, 0.3) is 0 Å². The van der Waals surface area contributed by atoms with E-state index in [0.717, 1.165) is 22.3 Å². The summed E-state index contributed by atoms with van der Waals surface area (Å²) in [7, 11) is 0. The van der Waals surface area contributed by atoms with Crippen molar-refractivity contribution < 1.29 is 0 Å². The number of aromatic amines is 1. The summed E-state index contributed by atoms with van der Waals surface area (Å²) in [4.78, 5) is 3.21. The lowest BCUT2D eigenvalue weighted by molar-refractivity contribution is 1.18. The summed E-state index contributed by atoms with van der Waals surface area (Å²) >= 11 is 9.31. The number of H-pyrrole nitrogens is 1. The largest absolute Gasteiger partial charge is 0.361 e. The van der Waals surface area contributed by atoms with Crippen molar-refractivity contribution >= 4 is 38.4 Å². The summed E-state index contributed by atoms with van der Waals surface area (Å²) in [6.07, 6.45) is 3.09. The summed E-state index contributed by atoms with van der Waals surface area (Å²) in [5, 5.41) is 3.03. The zero-order chi connectivity index (χ0) is 9.26. The van der Waals surface area contributed by atoms with Crippen LogP contribution in [0.4, 0.5) is 0 Å². The van der Waals surface area contributed by atoms with Crippen molar-refractivity contribution in [2.75, 3.05) is 5.33 Å². The fourth-order valence-corrected chi connectivity index (χ4v) is 2.07. The van der Waals surface area contributed by atoms with Crippen LogP contribution in [0.3, 0.4) is 0 Å². The smallest absolute Gasteiger partial charge is 0.0471 e. The van der Waals surface area contributed by atoms with Gasteiger partial charge in [0.15, 0.2) is 0 Å². The quantitative estimate of drug-likeness (QED) is 0.790. The number of alkyl halides is 1. The Morgan fingerprint density at radius 1 is 1.38 bits per heavy atom. The third-order valence-corrected chi connectivity index (χ3v) is 2.72. The average molecular weight is 259 g/mol. The zero-order valence-electron chi connectivity index (χ0n) is 6.98. The molecule has 1 aromatic carbocycles. The molecule has 0 spiro atoms. The van der Waals surface area contributed by atoms with Gasteiger partial charge in [-0.25, -0.2) is 0 Å². The molecule has 3 heteroatoms. The van der Waals surface area contributed by atoms with Gasteiger partial charge < -0.3 is 4.98 Å². The minimum atomic E-state index is 0.778. The lowest BCUT2D eigenvalue weighted by Crippen LogP contribution is -1.81. The van der Waals surface area contributed by atoms with E-state index in [2.05, 4.69) is 27.0 Å². The van der Waals surface area contributed by atoms with E-state index < -0.39 is 0 Å². The number of halogens is 2. The van der Waals surface area contributed by atoms with E-state index in [4.69, 9.17) is 11.6 Å². The molecule has 1 aromatic heterocycles. The lowest BCUT2D eigenvalue weighted by atomic mass is 10.1. The van der Waals surface area contributed by atoms with Crippen molar-refractivity contribution in [3.63, 3.8) is 0 Å². The highest BCUT2D eigenvalue weighted by Crippen LogP contribution is 2.22. The Hall–Kier alpha value is -0.470. The van der Waals surface area contributed by atoms with E-state index >= 15 is 0 Å². The molecule has 13 heavy (non-hydrogen) atoms. The number of benzene rings is 1. The van der Waals surface area contributed by atoms with Crippen molar-refractivity contribution in [2.45, 2.75) is 6.42 Å². The van der Waals surface area contributed by atoms with Gasteiger partial charge in [0.1, 0.15) is 0 Å². The van der Waals surface area contributed by atoms with Crippen LogP contribution in [0.25, 0.3) is 10.9 Å². The van der Waals surface area contributed by atoms with Crippen molar-refractivity contribution in [1.29, 1.82) is 0 Å². The second-order valence-corrected chi connectivity index (χ2v) is 4.17. The van der Waals surface area contributed by atoms with Crippen LogP contribution >= 0.6 is 27.5 Å². The highest BCUT2D eigenvalue weighted by atomic mass is 79.9. The van der Waals surface area contributed by atoms with Crippen molar-refractivity contribution in [3.05, 3.63) is 35.0 Å². The van der Waals surface area contributed by atoms with Crippen LogP contribution in [0.2, 0.25) is 5.02 Å². The maximum atomic E-state index is 5.88. The standard InChI is InChI=1S/C10H9BrClN/c11-4-3-7-6-13-10-5-8(12)1-2-9(7)10/h1-2,5-6,13H,3-4H2. The summed E-state index contributed by atoms with van der Waals surface area (Å²) in [5.41, 5.74) is 2.45. The molecule has 1 heterocycles. The maximum Gasteiger partial charge on any atom is 0.0471 e. The molecule has 0 aliphatic rings. The van der Waals surface area contributed by atoms with Crippen LogP contribution < -0.4 is 0 Å². The molecule has 0 atom stereocenters. The van der Waals surface area contributed by atoms with E-state index in [-0.39, 0.29) is 0 Å². The van der Waals surface area contributed by atoms with Gasteiger partial charge in [0.05, 0.1) is 0 Å². The average Bonchev–Trinajstić information content (AvgIpc) is 2.49. The Labute approximate surface area is 90.2 Å². The number of aryl methyl sites for hydroxylation is 1. The number of rotatable bonds is 2. The minimum Gasteiger partial charge on any atom is -0.361 e. The SMILES string of the molecule is Clc1ccc2c(CCBr)c[nH]c2c1. The van der Waals surface area contributed by atoms with E-state index in [1.165, 1.54) is 10.9 Å². The van der Waals surface area contributed by atoms with E-state index in [1.807, 2.05) is 18.3 Å². The van der Waals surface area contributed by atoms with Gasteiger partial charge in [0.2, 0.25) is 0 Å². The lowest BCUT2D eigenvalue weighted by Gasteiger charge is -1.95. The molecular weight excluding hydrogens is 249 g/mol. The van der Waals surface area contributed by atoms with Gasteiger partial charge in [-0.1, -0.05) is 33.6 Å². The first kappa shape index (κ1) is 9.10. The Bertz CT molecular complexity index is 422.